The second-order valence-corrected chi connectivity index (χ2v) is 3.24. The minimum absolute atomic E-state index is 0.0506. The quantitative estimate of drug-likeness (QED) is 0.481. The van der Waals surface area contributed by atoms with Crippen LogP contribution in [-0.2, 0) is 4.79 Å². The van der Waals surface area contributed by atoms with E-state index < -0.39 is 0 Å². The number of carbonyl (C=O) groups excluding carboxylic acids is 1. The Labute approximate surface area is 60.0 Å². The summed E-state index contributed by atoms with van der Waals surface area (Å²) in [6.45, 7) is 0. The van der Waals surface area contributed by atoms with Crippen molar-refractivity contribution in [2.45, 2.75) is 31.3 Å². The van der Waals surface area contributed by atoms with Gasteiger partial charge in [0.25, 0.3) is 0 Å². The molecule has 3 nitrogen and oxygen atoms in total. The summed E-state index contributed by atoms with van der Waals surface area (Å²) in [5.41, 5.74) is 5.65. The summed E-state index contributed by atoms with van der Waals surface area (Å²) in [5, 5.41) is 2.90. The SMILES string of the molecule is N[C@@H]1C(=O)N[C@H]2CCC[C@H]21. The van der Waals surface area contributed by atoms with Crippen molar-refractivity contribution < 1.29 is 4.79 Å². The largest absolute Gasteiger partial charge is 0.352 e. The first kappa shape index (κ1) is 6.16. The maximum Gasteiger partial charge on any atom is 0.237 e. The molecule has 0 aromatic rings. The van der Waals surface area contributed by atoms with Gasteiger partial charge in [-0.25, -0.2) is 0 Å². The van der Waals surface area contributed by atoms with Gasteiger partial charge in [0.15, 0.2) is 0 Å². The summed E-state index contributed by atoms with van der Waals surface area (Å²) in [6.07, 6.45) is 3.48. The highest BCUT2D eigenvalue weighted by Crippen LogP contribution is 2.31. The first-order valence-electron chi connectivity index (χ1n) is 3.85. The molecule has 1 amide bonds. The van der Waals surface area contributed by atoms with Crippen molar-refractivity contribution in [1.29, 1.82) is 0 Å². The maximum atomic E-state index is 11.0. The number of hydrogen-bond acceptors (Lipinski definition) is 2. The molecule has 1 aliphatic heterocycles. The van der Waals surface area contributed by atoms with Gasteiger partial charge in [0, 0.05) is 12.0 Å². The van der Waals surface area contributed by atoms with Crippen molar-refractivity contribution in [2.24, 2.45) is 11.7 Å². The lowest BCUT2D eigenvalue weighted by molar-refractivity contribution is -0.120. The van der Waals surface area contributed by atoms with Gasteiger partial charge in [-0.3, -0.25) is 4.79 Å². The molecule has 1 heterocycles. The summed E-state index contributed by atoms with van der Waals surface area (Å²) in [7, 11) is 0. The molecule has 2 aliphatic rings. The highest BCUT2D eigenvalue weighted by molar-refractivity contribution is 5.84. The van der Waals surface area contributed by atoms with Gasteiger partial charge >= 0.3 is 0 Å². The number of fused-ring (bicyclic) bond motifs is 1. The van der Waals surface area contributed by atoms with Crippen LogP contribution in [0.2, 0.25) is 0 Å². The van der Waals surface area contributed by atoms with Crippen molar-refractivity contribution in [2.75, 3.05) is 0 Å². The Morgan fingerprint density at radius 1 is 1.50 bits per heavy atom. The summed E-state index contributed by atoms with van der Waals surface area (Å²) >= 11 is 0. The molecule has 0 bridgehead atoms. The third-order valence-electron chi connectivity index (χ3n) is 2.66. The molecule has 3 heteroatoms. The first-order chi connectivity index (χ1) is 4.79. The van der Waals surface area contributed by atoms with Crippen LogP contribution in [0.3, 0.4) is 0 Å². The highest BCUT2D eigenvalue weighted by Gasteiger charge is 2.42. The Balaban J connectivity index is 2.16. The van der Waals surface area contributed by atoms with Crippen LogP contribution < -0.4 is 11.1 Å². The smallest absolute Gasteiger partial charge is 0.237 e. The minimum Gasteiger partial charge on any atom is -0.352 e. The average Bonchev–Trinajstić information content (AvgIpc) is 2.41. The van der Waals surface area contributed by atoms with Crippen LogP contribution in [0.4, 0.5) is 0 Å². The van der Waals surface area contributed by atoms with Crippen molar-refractivity contribution in [3.63, 3.8) is 0 Å². The maximum absolute atomic E-state index is 11.0. The summed E-state index contributed by atoms with van der Waals surface area (Å²) in [5.74, 6) is 0.488. The van der Waals surface area contributed by atoms with Gasteiger partial charge in [-0.05, 0) is 12.8 Å². The molecule has 3 atom stereocenters. The van der Waals surface area contributed by atoms with E-state index in [9.17, 15) is 4.79 Å². The molecule has 0 unspecified atom stereocenters. The molecular weight excluding hydrogens is 128 g/mol. The van der Waals surface area contributed by atoms with E-state index in [2.05, 4.69) is 5.32 Å². The predicted molar refractivity (Wildman–Crippen MR) is 37.2 cm³/mol. The Bertz CT molecular complexity index is 169. The van der Waals surface area contributed by atoms with Crippen LogP contribution in [0.5, 0.6) is 0 Å². The Hall–Kier alpha value is -0.570. The van der Waals surface area contributed by atoms with Crippen molar-refractivity contribution in [1.82, 2.24) is 5.32 Å². The van der Waals surface area contributed by atoms with Crippen LogP contribution in [0.25, 0.3) is 0 Å². The number of carbonyl (C=O) groups is 1. The third kappa shape index (κ3) is 0.669. The Morgan fingerprint density at radius 3 is 3.00 bits per heavy atom. The zero-order valence-electron chi connectivity index (χ0n) is 5.84. The summed E-state index contributed by atoms with van der Waals surface area (Å²) in [4.78, 5) is 11.0. The van der Waals surface area contributed by atoms with Gasteiger partial charge in [-0.1, -0.05) is 6.42 Å². The zero-order chi connectivity index (χ0) is 7.14. The van der Waals surface area contributed by atoms with Gasteiger partial charge < -0.3 is 11.1 Å². The van der Waals surface area contributed by atoms with Crippen LogP contribution in [0.15, 0.2) is 0 Å². The van der Waals surface area contributed by atoms with Crippen LogP contribution >= 0.6 is 0 Å². The standard InChI is InChI=1S/C7H12N2O/c8-6-4-2-1-3-5(4)9-7(6)10/h4-6H,1-3,8H2,(H,9,10)/t4-,5+,6+/m1/s1. The topological polar surface area (TPSA) is 55.1 Å². The Morgan fingerprint density at radius 2 is 2.30 bits per heavy atom. The molecule has 1 saturated carbocycles. The van der Waals surface area contributed by atoms with Crippen molar-refractivity contribution >= 4 is 5.91 Å². The number of rotatable bonds is 0. The molecule has 3 N–H and O–H groups in total. The second kappa shape index (κ2) is 1.95. The molecular formula is C7H12N2O. The van der Waals surface area contributed by atoms with Gasteiger partial charge in [0.1, 0.15) is 0 Å². The molecule has 2 fully saturated rings. The number of hydrogen-bond donors (Lipinski definition) is 2. The fraction of sp³-hybridized carbons (Fsp3) is 0.857. The number of nitrogens with one attached hydrogen (secondary N) is 1. The second-order valence-electron chi connectivity index (χ2n) is 3.24. The number of nitrogens with two attached hydrogens (primary N) is 1. The van der Waals surface area contributed by atoms with Crippen LogP contribution in [0.1, 0.15) is 19.3 Å². The lowest BCUT2D eigenvalue weighted by atomic mass is 10.0. The molecule has 0 spiro atoms. The van der Waals surface area contributed by atoms with Gasteiger partial charge in [0.2, 0.25) is 5.91 Å². The fourth-order valence-electron chi connectivity index (χ4n) is 2.07. The average molecular weight is 140 g/mol. The van der Waals surface area contributed by atoms with E-state index in [0.717, 1.165) is 12.8 Å². The molecule has 1 aliphatic carbocycles. The van der Waals surface area contributed by atoms with Gasteiger partial charge in [-0.2, -0.15) is 0 Å². The van der Waals surface area contributed by atoms with Crippen LogP contribution in [0, 0.1) is 5.92 Å². The van der Waals surface area contributed by atoms with E-state index in [4.69, 9.17) is 5.73 Å². The predicted octanol–water partition coefficient (Wildman–Crippen LogP) is -0.388. The molecule has 0 aromatic carbocycles. The lowest BCUT2D eigenvalue weighted by Crippen LogP contribution is -2.33. The summed E-state index contributed by atoms with van der Waals surface area (Å²) in [6, 6.07) is 0.190. The monoisotopic (exact) mass is 140 g/mol. The van der Waals surface area contributed by atoms with Crippen molar-refractivity contribution in [3.05, 3.63) is 0 Å². The van der Waals surface area contributed by atoms with E-state index in [1.165, 1.54) is 6.42 Å². The number of amides is 1. The van der Waals surface area contributed by atoms with E-state index in [1.807, 2.05) is 0 Å². The van der Waals surface area contributed by atoms with E-state index in [0.29, 0.717) is 12.0 Å². The third-order valence-corrected chi connectivity index (χ3v) is 2.66. The van der Waals surface area contributed by atoms with Crippen molar-refractivity contribution in [3.8, 4) is 0 Å². The molecule has 10 heavy (non-hydrogen) atoms. The van der Waals surface area contributed by atoms with Crippen LogP contribution in [-0.4, -0.2) is 18.0 Å². The molecule has 1 saturated heterocycles. The van der Waals surface area contributed by atoms with E-state index in [-0.39, 0.29) is 11.9 Å². The lowest BCUT2D eigenvalue weighted by Gasteiger charge is -2.08. The normalized spacial score (nSPS) is 45.3. The van der Waals surface area contributed by atoms with Gasteiger partial charge in [0.05, 0.1) is 6.04 Å². The zero-order valence-corrected chi connectivity index (χ0v) is 5.84. The van der Waals surface area contributed by atoms with Gasteiger partial charge in [-0.15, -0.1) is 0 Å². The molecule has 0 aromatic heterocycles. The first-order valence-corrected chi connectivity index (χ1v) is 3.85. The molecule has 2 rings (SSSR count). The fourth-order valence-corrected chi connectivity index (χ4v) is 2.07. The van der Waals surface area contributed by atoms with E-state index in [1.54, 1.807) is 0 Å². The highest BCUT2D eigenvalue weighted by atomic mass is 16.2. The molecule has 0 radical (unpaired) electrons. The minimum atomic E-state index is -0.215. The summed E-state index contributed by atoms with van der Waals surface area (Å²) < 4.78 is 0. The molecule has 56 valence electrons. The van der Waals surface area contributed by atoms with E-state index >= 15 is 0 Å². The Kier molecular flexibility index (Phi) is 1.20.